The SMILES string of the molecule is CC#CC(=O)/C=C/C. The lowest BCUT2D eigenvalue weighted by Gasteiger charge is -1.70. The number of carbonyl (C=O) groups excluding carboxylic acids is 1. The molecule has 0 aromatic heterocycles. The van der Waals surface area contributed by atoms with Crippen molar-refractivity contribution in [2.24, 2.45) is 0 Å². The number of hydrogen-bond donors (Lipinski definition) is 0. The van der Waals surface area contributed by atoms with Gasteiger partial charge in [0.25, 0.3) is 0 Å². The van der Waals surface area contributed by atoms with E-state index in [4.69, 9.17) is 0 Å². The highest BCUT2D eigenvalue weighted by atomic mass is 16.1. The quantitative estimate of drug-likeness (QED) is 0.280. The van der Waals surface area contributed by atoms with Crippen molar-refractivity contribution in [3.05, 3.63) is 12.2 Å². The minimum atomic E-state index is -0.130. The fraction of sp³-hybridized carbons (Fsp3) is 0.286. The van der Waals surface area contributed by atoms with Gasteiger partial charge in [-0.3, -0.25) is 4.79 Å². The van der Waals surface area contributed by atoms with Crippen molar-refractivity contribution in [3.8, 4) is 11.8 Å². The molecule has 0 unspecified atom stereocenters. The molecule has 0 aliphatic rings. The van der Waals surface area contributed by atoms with E-state index in [2.05, 4.69) is 11.8 Å². The maximum atomic E-state index is 10.4. The zero-order valence-corrected chi connectivity index (χ0v) is 5.06. The minimum absolute atomic E-state index is 0.130. The van der Waals surface area contributed by atoms with Gasteiger partial charge in [0.1, 0.15) is 0 Å². The Hall–Kier alpha value is -1.03. The standard InChI is InChI=1S/C7H8O/c1-3-5-7(8)6-4-2/h3,5H,1-2H3/b5-3+. The van der Waals surface area contributed by atoms with E-state index in [-0.39, 0.29) is 5.78 Å². The number of carbonyl (C=O) groups is 1. The lowest BCUT2D eigenvalue weighted by atomic mass is 10.3. The lowest BCUT2D eigenvalue weighted by molar-refractivity contribution is -0.109. The van der Waals surface area contributed by atoms with E-state index in [1.807, 2.05) is 0 Å². The third kappa shape index (κ3) is 3.17. The molecule has 0 rings (SSSR count). The molecular weight excluding hydrogens is 100 g/mol. The maximum absolute atomic E-state index is 10.4. The normalized spacial score (nSPS) is 8.25. The first-order chi connectivity index (χ1) is 3.81. The summed E-state index contributed by atoms with van der Waals surface area (Å²) >= 11 is 0. The first-order valence-electron chi connectivity index (χ1n) is 2.40. The molecular formula is C7H8O. The largest absolute Gasteiger partial charge is 0.280 e. The molecule has 0 aromatic carbocycles. The molecule has 0 aliphatic heterocycles. The monoisotopic (exact) mass is 108 g/mol. The Morgan fingerprint density at radius 1 is 1.62 bits per heavy atom. The van der Waals surface area contributed by atoms with Crippen LogP contribution in [0.2, 0.25) is 0 Å². The van der Waals surface area contributed by atoms with Crippen molar-refractivity contribution in [1.82, 2.24) is 0 Å². The zero-order chi connectivity index (χ0) is 6.41. The summed E-state index contributed by atoms with van der Waals surface area (Å²) < 4.78 is 0. The molecule has 0 N–H and O–H groups in total. The van der Waals surface area contributed by atoms with Gasteiger partial charge in [-0.05, 0) is 25.8 Å². The predicted octanol–water partition coefficient (Wildman–Crippen LogP) is 1.15. The van der Waals surface area contributed by atoms with E-state index >= 15 is 0 Å². The Morgan fingerprint density at radius 2 is 2.25 bits per heavy atom. The van der Waals surface area contributed by atoms with Crippen molar-refractivity contribution in [2.45, 2.75) is 13.8 Å². The summed E-state index contributed by atoms with van der Waals surface area (Å²) in [4.78, 5) is 10.4. The van der Waals surface area contributed by atoms with Gasteiger partial charge in [0.2, 0.25) is 5.78 Å². The van der Waals surface area contributed by atoms with Gasteiger partial charge in [0.05, 0.1) is 0 Å². The van der Waals surface area contributed by atoms with Gasteiger partial charge in [-0.15, -0.1) is 0 Å². The Bertz CT molecular complexity index is 155. The molecule has 1 heteroatoms. The predicted molar refractivity (Wildman–Crippen MR) is 33.3 cm³/mol. The van der Waals surface area contributed by atoms with E-state index in [0.29, 0.717) is 0 Å². The summed E-state index contributed by atoms with van der Waals surface area (Å²) in [7, 11) is 0. The highest BCUT2D eigenvalue weighted by molar-refractivity contribution is 6.03. The topological polar surface area (TPSA) is 17.1 Å². The van der Waals surface area contributed by atoms with Crippen LogP contribution in [-0.2, 0) is 4.79 Å². The molecule has 0 heterocycles. The lowest BCUT2D eigenvalue weighted by Crippen LogP contribution is -1.82. The summed E-state index contributed by atoms with van der Waals surface area (Å²) in [5, 5.41) is 0. The summed E-state index contributed by atoms with van der Waals surface area (Å²) in [6, 6.07) is 0. The fourth-order valence-electron chi connectivity index (χ4n) is 0.316. The van der Waals surface area contributed by atoms with Crippen LogP contribution in [0.4, 0.5) is 0 Å². The highest BCUT2D eigenvalue weighted by Crippen LogP contribution is 1.71. The molecule has 0 fully saturated rings. The summed E-state index contributed by atoms with van der Waals surface area (Å²) in [5.41, 5.74) is 0. The first kappa shape index (κ1) is 6.97. The number of hydrogen-bond acceptors (Lipinski definition) is 1. The van der Waals surface area contributed by atoms with Crippen LogP contribution < -0.4 is 0 Å². The summed E-state index contributed by atoms with van der Waals surface area (Å²) in [6.45, 7) is 3.43. The van der Waals surface area contributed by atoms with Crippen molar-refractivity contribution in [2.75, 3.05) is 0 Å². The smallest absolute Gasteiger partial charge is 0.228 e. The molecule has 0 atom stereocenters. The molecule has 0 aromatic rings. The molecule has 0 saturated carbocycles. The highest BCUT2D eigenvalue weighted by Gasteiger charge is 1.80. The van der Waals surface area contributed by atoms with E-state index in [0.717, 1.165) is 0 Å². The van der Waals surface area contributed by atoms with E-state index in [9.17, 15) is 4.79 Å². The molecule has 8 heavy (non-hydrogen) atoms. The number of ketones is 1. The van der Waals surface area contributed by atoms with Gasteiger partial charge < -0.3 is 0 Å². The molecule has 0 bridgehead atoms. The molecule has 0 amide bonds. The van der Waals surface area contributed by atoms with Crippen molar-refractivity contribution in [3.63, 3.8) is 0 Å². The second-order valence-electron chi connectivity index (χ2n) is 1.24. The van der Waals surface area contributed by atoms with Crippen LogP contribution in [0.1, 0.15) is 13.8 Å². The van der Waals surface area contributed by atoms with Gasteiger partial charge in [-0.25, -0.2) is 0 Å². The zero-order valence-electron chi connectivity index (χ0n) is 5.06. The van der Waals surface area contributed by atoms with Crippen LogP contribution in [0, 0.1) is 11.8 Å². The third-order valence-electron chi connectivity index (χ3n) is 0.566. The van der Waals surface area contributed by atoms with Crippen LogP contribution in [0.3, 0.4) is 0 Å². The van der Waals surface area contributed by atoms with Crippen LogP contribution >= 0.6 is 0 Å². The van der Waals surface area contributed by atoms with Crippen LogP contribution in [0.25, 0.3) is 0 Å². The van der Waals surface area contributed by atoms with Crippen molar-refractivity contribution < 1.29 is 4.79 Å². The van der Waals surface area contributed by atoms with Gasteiger partial charge in [0.15, 0.2) is 0 Å². The summed E-state index contributed by atoms with van der Waals surface area (Å²) in [6.07, 6.45) is 3.11. The maximum Gasteiger partial charge on any atom is 0.228 e. The molecule has 0 saturated heterocycles. The van der Waals surface area contributed by atoms with Crippen LogP contribution in [-0.4, -0.2) is 5.78 Å². The third-order valence-corrected chi connectivity index (χ3v) is 0.566. The van der Waals surface area contributed by atoms with E-state index in [1.54, 1.807) is 19.9 Å². The van der Waals surface area contributed by atoms with Gasteiger partial charge in [-0.1, -0.05) is 12.0 Å². The van der Waals surface area contributed by atoms with Gasteiger partial charge in [0, 0.05) is 0 Å². The van der Waals surface area contributed by atoms with Gasteiger partial charge >= 0.3 is 0 Å². The average molecular weight is 108 g/mol. The fourth-order valence-corrected chi connectivity index (χ4v) is 0.316. The first-order valence-corrected chi connectivity index (χ1v) is 2.40. The van der Waals surface area contributed by atoms with Gasteiger partial charge in [-0.2, -0.15) is 0 Å². The molecule has 1 nitrogen and oxygen atoms in total. The molecule has 42 valence electrons. The molecule has 0 spiro atoms. The Labute approximate surface area is 49.4 Å². The number of rotatable bonds is 1. The average Bonchev–Trinajstić information content (AvgIpc) is 1.68. The van der Waals surface area contributed by atoms with Crippen LogP contribution in [0.5, 0.6) is 0 Å². The summed E-state index contributed by atoms with van der Waals surface area (Å²) in [5.74, 6) is 4.74. The minimum Gasteiger partial charge on any atom is -0.280 e. The van der Waals surface area contributed by atoms with Crippen LogP contribution in [0.15, 0.2) is 12.2 Å². The second kappa shape index (κ2) is 4.14. The Kier molecular flexibility index (Phi) is 3.60. The molecule has 0 radical (unpaired) electrons. The molecule has 0 aliphatic carbocycles. The Morgan fingerprint density at radius 3 is 2.62 bits per heavy atom. The Balaban J connectivity index is 3.79. The second-order valence-corrected chi connectivity index (χ2v) is 1.24. The number of allylic oxidation sites excluding steroid dienone is 2. The van der Waals surface area contributed by atoms with Crippen molar-refractivity contribution in [1.29, 1.82) is 0 Å². The van der Waals surface area contributed by atoms with E-state index in [1.165, 1.54) is 6.08 Å². The van der Waals surface area contributed by atoms with Crippen molar-refractivity contribution >= 4 is 5.78 Å². The van der Waals surface area contributed by atoms with E-state index < -0.39 is 0 Å².